The minimum absolute atomic E-state index is 0.0181. The van der Waals surface area contributed by atoms with Crippen LogP contribution < -0.4 is 10.4 Å². The predicted octanol–water partition coefficient (Wildman–Crippen LogP) is 5.91. The monoisotopic (exact) mass is 425 g/mol. The summed E-state index contributed by atoms with van der Waals surface area (Å²) in [6.07, 6.45) is 1.91. The van der Waals surface area contributed by atoms with E-state index in [1.807, 2.05) is 12.3 Å². The van der Waals surface area contributed by atoms with E-state index in [0.29, 0.717) is 6.61 Å². The van der Waals surface area contributed by atoms with Crippen molar-refractivity contribution in [3.05, 3.63) is 103 Å². The van der Waals surface area contributed by atoms with Gasteiger partial charge < -0.3 is 4.43 Å². The van der Waals surface area contributed by atoms with Crippen molar-refractivity contribution in [3.8, 4) is 0 Å². The molecule has 0 aliphatic heterocycles. The number of aromatic nitrogens is 1. The fourth-order valence-electron chi connectivity index (χ4n) is 4.65. The summed E-state index contributed by atoms with van der Waals surface area (Å²) in [6.45, 7) is 9.91. The lowest BCUT2D eigenvalue weighted by molar-refractivity contribution is 0.278. The lowest BCUT2D eigenvalue weighted by atomic mass is 9.98. The van der Waals surface area contributed by atoms with Crippen LogP contribution in [0.4, 0.5) is 0 Å². The van der Waals surface area contributed by atoms with E-state index in [2.05, 4.69) is 118 Å². The Labute approximate surface area is 187 Å². The van der Waals surface area contributed by atoms with Crippen LogP contribution in [-0.4, -0.2) is 19.9 Å². The van der Waals surface area contributed by atoms with Gasteiger partial charge in [0, 0.05) is 24.1 Å². The van der Waals surface area contributed by atoms with E-state index in [0.717, 1.165) is 5.52 Å². The van der Waals surface area contributed by atoms with Gasteiger partial charge in [-0.25, -0.2) is 0 Å². The highest BCUT2D eigenvalue weighted by Gasteiger charge is 2.50. The lowest BCUT2D eigenvalue weighted by Crippen LogP contribution is -2.66. The van der Waals surface area contributed by atoms with Gasteiger partial charge in [-0.1, -0.05) is 107 Å². The normalized spacial score (nSPS) is 13.3. The molecular weight excluding hydrogens is 394 g/mol. The van der Waals surface area contributed by atoms with E-state index in [9.17, 15) is 0 Å². The Bertz CT molecular complexity index is 1090. The van der Waals surface area contributed by atoms with Gasteiger partial charge in [-0.2, -0.15) is 0 Å². The summed E-state index contributed by atoms with van der Waals surface area (Å²) in [5.41, 5.74) is 2.33. The number of pyridine rings is 1. The van der Waals surface area contributed by atoms with Crippen molar-refractivity contribution < 1.29 is 4.43 Å². The van der Waals surface area contributed by atoms with Gasteiger partial charge >= 0.3 is 0 Å². The third-order valence-corrected chi connectivity index (χ3v) is 11.2. The molecule has 1 aromatic heterocycles. The molecule has 0 bridgehead atoms. The molecule has 158 valence electrons. The largest absolute Gasteiger partial charge is 0.407 e. The molecule has 0 saturated heterocycles. The van der Waals surface area contributed by atoms with E-state index in [1.54, 1.807) is 0 Å². The number of hydrogen-bond donors (Lipinski definition) is 0. The molecule has 1 atom stereocenters. The van der Waals surface area contributed by atoms with E-state index in [4.69, 9.17) is 4.43 Å². The zero-order chi connectivity index (χ0) is 21.9. The molecule has 1 heterocycles. The molecule has 3 heteroatoms. The van der Waals surface area contributed by atoms with E-state index < -0.39 is 8.32 Å². The minimum atomic E-state index is -2.53. The van der Waals surface area contributed by atoms with Crippen molar-refractivity contribution in [1.82, 2.24) is 4.98 Å². The third-order valence-electron chi connectivity index (χ3n) is 6.18. The predicted molar refractivity (Wildman–Crippen MR) is 134 cm³/mol. The Morgan fingerprint density at radius 3 is 1.90 bits per heavy atom. The fraction of sp³-hybridized carbons (Fsp3) is 0.250. The molecule has 0 aliphatic carbocycles. The zero-order valence-corrected chi connectivity index (χ0v) is 19.9. The molecule has 4 rings (SSSR count). The summed E-state index contributed by atoms with van der Waals surface area (Å²) in [5.74, 6) is 0.259. The van der Waals surface area contributed by atoms with Crippen molar-refractivity contribution >= 4 is 29.6 Å². The van der Waals surface area contributed by atoms with Crippen molar-refractivity contribution in [3.63, 3.8) is 0 Å². The maximum Gasteiger partial charge on any atom is 0.261 e. The maximum atomic E-state index is 7.15. The Balaban J connectivity index is 1.76. The van der Waals surface area contributed by atoms with Crippen LogP contribution in [0, 0.1) is 0 Å². The van der Waals surface area contributed by atoms with Crippen LogP contribution in [0.5, 0.6) is 0 Å². The Morgan fingerprint density at radius 2 is 1.32 bits per heavy atom. The summed E-state index contributed by atoms with van der Waals surface area (Å²) in [5, 5.41) is 3.83. The molecule has 0 N–H and O–H groups in total. The summed E-state index contributed by atoms with van der Waals surface area (Å²) in [4.78, 5) is 4.54. The Kier molecular flexibility index (Phi) is 6.08. The lowest BCUT2D eigenvalue weighted by Gasteiger charge is -2.43. The van der Waals surface area contributed by atoms with E-state index in [1.165, 1.54) is 21.3 Å². The fourth-order valence-corrected chi connectivity index (χ4v) is 9.30. The topological polar surface area (TPSA) is 22.1 Å². The second-order valence-electron chi connectivity index (χ2n) is 9.29. The van der Waals surface area contributed by atoms with Gasteiger partial charge in [0.2, 0.25) is 0 Å². The Morgan fingerprint density at radius 1 is 0.774 bits per heavy atom. The van der Waals surface area contributed by atoms with Gasteiger partial charge in [-0.05, 0) is 33.1 Å². The van der Waals surface area contributed by atoms with Crippen molar-refractivity contribution in [2.75, 3.05) is 6.61 Å². The van der Waals surface area contributed by atoms with Crippen LogP contribution in [-0.2, 0) is 4.43 Å². The number of rotatable bonds is 6. The summed E-state index contributed by atoms with van der Waals surface area (Å²) in [7, 11) is -2.53. The highest BCUT2D eigenvalue weighted by Crippen LogP contribution is 2.37. The smallest absolute Gasteiger partial charge is 0.261 e. The zero-order valence-electron chi connectivity index (χ0n) is 18.9. The molecule has 0 spiro atoms. The quantitative estimate of drug-likeness (QED) is 0.358. The van der Waals surface area contributed by atoms with Crippen molar-refractivity contribution in [2.45, 2.75) is 38.7 Å². The van der Waals surface area contributed by atoms with Crippen LogP contribution in [0.15, 0.2) is 97.2 Å². The number of fused-ring (bicyclic) bond motifs is 1. The molecule has 0 amide bonds. The summed E-state index contributed by atoms with van der Waals surface area (Å²) >= 11 is 0. The second-order valence-corrected chi connectivity index (χ2v) is 13.6. The molecule has 2 nitrogen and oxygen atoms in total. The van der Waals surface area contributed by atoms with E-state index in [-0.39, 0.29) is 11.0 Å². The average Bonchev–Trinajstić information content (AvgIpc) is 2.79. The maximum absolute atomic E-state index is 7.15. The summed E-state index contributed by atoms with van der Waals surface area (Å²) < 4.78 is 7.15. The van der Waals surface area contributed by atoms with Crippen molar-refractivity contribution in [2.24, 2.45) is 0 Å². The SMILES string of the molecule is C[C@@H](CO[Si](c1ccccc1)(c1ccccc1)C(C)(C)C)c1ccnc2ccccc12. The second kappa shape index (κ2) is 8.78. The van der Waals surface area contributed by atoms with E-state index >= 15 is 0 Å². The standard InChI is InChI=1S/C28H31NOSi/c1-22(25-19-20-29-27-18-12-11-17-26(25)27)21-30-31(28(2,3)4,23-13-7-5-8-14-23)24-15-9-6-10-16-24/h5-20,22H,21H2,1-4H3/t22-/m0/s1. The van der Waals surface area contributed by atoms with Gasteiger partial charge in [0.05, 0.1) is 5.52 Å². The number of benzene rings is 3. The van der Waals surface area contributed by atoms with Gasteiger partial charge in [0.25, 0.3) is 8.32 Å². The third kappa shape index (κ3) is 4.08. The minimum Gasteiger partial charge on any atom is -0.407 e. The Hall–Kier alpha value is -2.75. The highest BCUT2D eigenvalue weighted by atomic mass is 28.4. The van der Waals surface area contributed by atoms with Gasteiger partial charge in [-0.15, -0.1) is 0 Å². The molecule has 0 aliphatic rings. The molecule has 0 fully saturated rings. The molecule has 0 unspecified atom stereocenters. The first-order chi connectivity index (χ1) is 14.9. The van der Waals surface area contributed by atoms with Crippen LogP contribution in [0.3, 0.4) is 0 Å². The summed E-state index contributed by atoms with van der Waals surface area (Å²) in [6, 6.07) is 32.2. The van der Waals surface area contributed by atoms with Crippen LogP contribution in [0.25, 0.3) is 10.9 Å². The first-order valence-corrected chi connectivity index (χ1v) is 12.9. The van der Waals surface area contributed by atoms with Crippen LogP contribution in [0.2, 0.25) is 5.04 Å². The first-order valence-electron chi connectivity index (χ1n) is 11.0. The molecule has 0 saturated carbocycles. The number of hydrogen-bond acceptors (Lipinski definition) is 2. The van der Waals surface area contributed by atoms with Gasteiger partial charge in [-0.3, -0.25) is 4.98 Å². The van der Waals surface area contributed by atoms with Crippen molar-refractivity contribution in [1.29, 1.82) is 0 Å². The molecular formula is C28H31NOSi. The molecule has 0 radical (unpaired) electrons. The molecule has 4 aromatic rings. The molecule has 3 aromatic carbocycles. The van der Waals surface area contributed by atoms with Crippen LogP contribution in [0.1, 0.15) is 39.2 Å². The first kappa shape index (κ1) is 21.5. The number of para-hydroxylation sites is 1. The van der Waals surface area contributed by atoms with Gasteiger partial charge in [0.15, 0.2) is 0 Å². The van der Waals surface area contributed by atoms with Crippen LogP contribution >= 0.6 is 0 Å². The average molecular weight is 426 g/mol. The number of nitrogens with zero attached hydrogens (tertiary/aromatic N) is 1. The molecule has 31 heavy (non-hydrogen) atoms. The highest BCUT2D eigenvalue weighted by molar-refractivity contribution is 6.99. The van der Waals surface area contributed by atoms with Gasteiger partial charge in [0.1, 0.15) is 0 Å².